The average Bonchev–Trinajstić information content (AvgIpc) is 3.31. The quantitative estimate of drug-likeness (QED) is 0.442. The van der Waals surface area contributed by atoms with E-state index >= 15 is 0 Å². The van der Waals surface area contributed by atoms with Gasteiger partial charge in [0, 0.05) is 21.9 Å². The fraction of sp³-hybridized carbons (Fsp3) is 0.100. The molecular weight excluding hydrogens is 385 g/mol. The summed E-state index contributed by atoms with van der Waals surface area (Å²) in [4.78, 5) is 25.7. The summed E-state index contributed by atoms with van der Waals surface area (Å²) in [6, 6.07) is 9.62. The minimum Gasteiger partial charge on any atom is -0.462 e. The second-order valence-corrected chi connectivity index (χ2v) is 7.28. The molecule has 3 rings (SSSR count). The summed E-state index contributed by atoms with van der Waals surface area (Å²) in [5.74, 6) is -1.24. The van der Waals surface area contributed by atoms with E-state index in [2.05, 4.69) is 5.32 Å². The Morgan fingerprint density at radius 3 is 2.63 bits per heavy atom. The Morgan fingerprint density at radius 2 is 1.96 bits per heavy atom. The van der Waals surface area contributed by atoms with Gasteiger partial charge in [-0.25, -0.2) is 9.18 Å². The highest BCUT2D eigenvalue weighted by Crippen LogP contribution is 2.36. The van der Waals surface area contributed by atoms with Crippen molar-refractivity contribution >= 4 is 45.6 Å². The second-order valence-electron chi connectivity index (χ2n) is 5.42. The predicted molar refractivity (Wildman–Crippen MR) is 108 cm³/mol. The van der Waals surface area contributed by atoms with Gasteiger partial charge < -0.3 is 10.1 Å². The summed E-state index contributed by atoms with van der Waals surface area (Å²) in [6.07, 6.45) is 3.12. The van der Waals surface area contributed by atoms with Crippen molar-refractivity contribution in [2.24, 2.45) is 0 Å². The van der Waals surface area contributed by atoms with Crippen LogP contribution in [0.5, 0.6) is 0 Å². The van der Waals surface area contributed by atoms with Gasteiger partial charge in [0.15, 0.2) is 0 Å². The van der Waals surface area contributed by atoms with E-state index in [1.54, 1.807) is 30.5 Å². The van der Waals surface area contributed by atoms with Gasteiger partial charge in [-0.15, -0.1) is 22.7 Å². The van der Waals surface area contributed by atoms with E-state index in [1.807, 2.05) is 17.5 Å². The highest BCUT2D eigenvalue weighted by molar-refractivity contribution is 7.15. The van der Waals surface area contributed by atoms with Gasteiger partial charge in [-0.2, -0.15) is 0 Å². The molecule has 0 aliphatic carbocycles. The fourth-order valence-corrected chi connectivity index (χ4v) is 3.97. The Hall–Kier alpha value is -2.77. The lowest BCUT2D eigenvalue weighted by Gasteiger charge is -2.08. The van der Waals surface area contributed by atoms with Crippen LogP contribution in [-0.2, 0) is 9.53 Å². The van der Waals surface area contributed by atoms with Crippen LogP contribution in [0.3, 0.4) is 0 Å². The largest absolute Gasteiger partial charge is 0.462 e. The third-order valence-electron chi connectivity index (χ3n) is 3.60. The second kappa shape index (κ2) is 8.75. The smallest absolute Gasteiger partial charge is 0.341 e. The molecule has 0 bridgehead atoms. The SMILES string of the molecule is CCOC(=O)c1c(-c2ccc(F)cc2)csc1NC(=O)C=Cc1cccs1. The molecule has 27 heavy (non-hydrogen) atoms. The van der Waals surface area contributed by atoms with E-state index in [0.29, 0.717) is 16.1 Å². The Balaban J connectivity index is 1.89. The van der Waals surface area contributed by atoms with Gasteiger partial charge in [-0.3, -0.25) is 4.79 Å². The number of nitrogens with one attached hydrogen (secondary N) is 1. The molecule has 2 heterocycles. The molecule has 1 amide bonds. The molecule has 0 aliphatic heterocycles. The van der Waals surface area contributed by atoms with Crippen LogP contribution < -0.4 is 5.32 Å². The van der Waals surface area contributed by atoms with Crippen molar-refractivity contribution < 1.29 is 18.7 Å². The Labute approximate surface area is 163 Å². The lowest BCUT2D eigenvalue weighted by Crippen LogP contribution is -2.12. The maximum Gasteiger partial charge on any atom is 0.341 e. The van der Waals surface area contributed by atoms with Crippen LogP contribution in [0.15, 0.2) is 53.2 Å². The molecule has 1 aromatic carbocycles. The molecule has 138 valence electrons. The van der Waals surface area contributed by atoms with Gasteiger partial charge in [-0.05, 0) is 42.1 Å². The molecular formula is C20H16FNO3S2. The highest BCUT2D eigenvalue weighted by atomic mass is 32.1. The van der Waals surface area contributed by atoms with Crippen LogP contribution in [0.1, 0.15) is 22.2 Å². The average molecular weight is 401 g/mol. The Kier molecular flexibility index (Phi) is 6.16. The van der Waals surface area contributed by atoms with E-state index in [9.17, 15) is 14.0 Å². The van der Waals surface area contributed by atoms with Crippen molar-refractivity contribution in [1.29, 1.82) is 0 Å². The normalized spacial score (nSPS) is 10.9. The number of anilines is 1. The molecule has 0 fully saturated rings. The zero-order chi connectivity index (χ0) is 19.2. The number of ether oxygens (including phenoxy) is 1. The van der Waals surface area contributed by atoms with E-state index in [0.717, 1.165) is 4.88 Å². The molecule has 7 heteroatoms. The number of amides is 1. The summed E-state index contributed by atoms with van der Waals surface area (Å²) < 4.78 is 18.3. The number of thiophene rings is 2. The number of halogens is 1. The third-order valence-corrected chi connectivity index (χ3v) is 5.34. The first-order chi connectivity index (χ1) is 13.1. The highest BCUT2D eigenvalue weighted by Gasteiger charge is 2.22. The third kappa shape index (κ3) is 4.69. The van der Waals surface area contributed by atoms with E-state index < -0.39 is 5.97 Å². The predicted octanol–water partition coefficient (Wildman–Crippen LogP) is 5.44. The minimum absolute atomic E-state index is 0.212. The van der Waals surface area contributed by atoms with Gasteiger partial charge in [0.05, 0.1) is 6.61 Å². The maximum atomic E-state index is 13.2. The van der Waals surface area contributed by atoms with Crippen LogP contribution in [0, 0.1) is 5.82 Å². The van der Waals surface area contributed by atoms with Crippen molar-refractivity contribution in [1.82, 2.24) is 0 Å². The van der Waals surface area contributed by atoms with Gasteiger partial charge in [0.2, 0.25) is 5.91 Å². The molecule has 0 radical (unpaired) electrons. The summed E-state index contributed by atoms with van der Waals surface area (Å²) >= 11 is 2.74. The lowest BCUT2D eigenvalue weighted by molar-refractivity contribution is -0.111. The maximum absolute atomic E-state index is 13.2. The van der Waals surface area contributed by atoms with E-state index in [1.165, 1.54) is 40.9 Å². The number of rotatable bonds is 6. The molecule has 0 unspecified atom stereocenters. The van der Waals surface area contributed by atoms with Gasteiger partial charge in [-0.1, -0.05) is 18.2 Å². The first kappa shape index (κ1) is 19.0. The number of benzene rings is 1. The van der Waals surface area contributed by atoms with Crippen LogP contribution >= 0.6 is 22.7 Å². The molecule has 1 N–H and O–H groups in total. The Morgan fingerprint density at radius 1 is 1.19 bits per heavy atom. The molecule has 3 aromatic rings. The number of esters is 1. The Bertz CT molecular complexity index is 960. The minimum atomic E-state index is -0.532. The lowest BCUT2D eigenvalue weighted by atomic mass is 10.0. The first-order valence-electron chi connectivity index (χ1n) is 8.15. The van der Waals surface area contributed by atoms with Crippen LogP contribution in [0.4, 0.5) is 9.39 Å². The summed E-state index contributed by atoms with van der Waals surface area (Å²) in [5, 5.41) is 6.80. The number of carbonyl (C=O) groups excluding carboxylic acids is 2. The fourth-order valence-electron chi connectivity index (χ4n) is 2.40. The molecule has 4 nitrogen and oxygen atoms in total. The first-order valence-corrected chi connectivity index (χ1v) is 9.91. The molecule has 0 aliphatic rings. The molecule has 2 aromatic heterocycles. The van der Waals surface area contributed by atoms with Gasteiger partial charge in [0.1, 0.15) is 16.4 Å². The van der Waals surface area contributed by atoms with Crippen molar-refractivity contribution in [3.8, 4) is 11.1 Å². The van der Waals surface area contributed by atoms with Crippen molar-refractivity contribution in [3.63, 3.8) is 0 Å². The van der Waals surface area contributed by atoms with Crippen molar-refractivity contribution in [2.75, 3.05) is 11.9 Å². The summed E-state index contributed by atoms with van der Waals surface area (Å²) in [5.41, 5.74) is 1.53. The van der Waals surface area contributed by atoms with Crippen LogP contribution in [0.2, 0.25) is 0 Å². The van der Waals surface area contributed by atoms with E-state index in [4.69, 9.17) is 4.74 Å². The number of hydrogen-bond acceptors (Lipinski definition) is 5. The molecule has 0 saturated heterocycles. The zero-order valence-electron chi connectivity index (χ0n) is 14.4. The molecule has 0 saturated carbocycles. The van der Waals surface area contributed by atoms with Gasteiger partial charge >= 0.3 is 5.97 Å². The number of carbonyl (C=O) groups is 2. The van der Waals surface area contributed by atoms with Crippen LogP contribution in [0.25, 0.3) is 17.2 Å². The monoisotopic (exact) mass is 401 g/mol. The van der Waals surface area contributed by atoms with Gasteiger partial charge in [0.25, 0.3) is 0 Å². The van der Waals surface area contributed by atoms with Crippen molar-refractivity contribution in [2.45, 2.75) is 6.92 Å². The summed E-state index contributed by atoms with van der Waals surface area (Å²) in [6.45, 7) is 1.92. The number of hydrogen-bond donors (Lipinski definition) is 1. The standard InChI is InChI=1S/C20H16FNO3S2/c1-2-25-20(24)18-16(13-5-7-14(21)8-6-13)12-27-19(18)22-17(23)10-9-15-4-3-11-26-15/h3-12H,2H2,1H3,(H,22,23). The zero-order valence-corrected chi connectivity index (χ0v) is 16.0. The van der Waals surface area contributed by atoms with Crippen LogP contribution in [-0.4, -0.2) is 18.5 Å². The molecule has 0 atom stereocenters. The van der Waals surface area contributed by atoms with Crippen molar-refractivity contribution in [3.05, 3.63) is 69.5 Å². The topological polar surface area (TPSA) is 55.4 Å². The molecule has 0 spiro atoms. The summed E-state index contributed by atoms with van der Waals surface area (Å²) in [7, 11) is 0. The van der Waals surface area contributed by atoms with E-state index in [-0.39, 0.29) is 23.9 Å².